The van der Waals surface area contributed by atoms with E-state index >= 15 is 0 Å². The van der Waals surface area contributed by atoms with Crippen molar-refractivity contribution in [1.82, 2.24) is 25.1 Å². The van der Waals surface area contributed by atoms with Crippen molar-refractivity contribution in [3.8, 4) is 6.07 Å². The molecule has 2 aromatic heterocycles. The lowest BCUT2D eigenvalue weighted by Crippen LogP contribution is -2.09. The van der Waals surface area contributed by atoms with Gasteiger partial charge in [-0.1, -0.05) is 0 Å². The summed E-state index contributed by atoms with van der Waals surface area (Å²) in [6.07, 6.45) is 5.16. The van der Waals surface area contributed by atoms with Gasteiger partial charge >= 0.3 is 0 Å². The van der Waals surface area contributed by atoms with Crippen molar-refractivity contribution in [3.63, 3.8) is 0 Å². The molecule has 2 rings (SSSR count). The van der Waals surface area contributed by atoms with Crippen molar-refractivity contribution in [2.45, 2.75) is 6.42 Å². The van der Waals surface area contributed by atoms with E-state index in [0.29, 0.717) is 24.5 Å². The number of nitrogens with zero attached hydrogens (tertiary/aromatic N) is 5. The van der Waals surface area contributed by atoms with Crippen LogP contribution in [0.4, 0.5) is 5.82 Å². The minimum atomic E-state index is 0.292. The molecule has 7 heteroatoms. The summed E-state index contributed by atoms with van der Waals surface area (Å²) < 4.78 is 0. The van der Waals surface area contributed by atoms with Gasteiger partial charge in [0.25, 0.3) is 0 Å². The van der Waals surface area contributed by atoms with Crippen LogP contribution < -0.4 is 5.32 Å². The summed E-state index contributed by atoms with van der Waals surface area (Å²) in [5.74, 6) is 1.28. The molecule has 80 valence electrons. The lowest BCUT2D eigenvalue weighted by molar-refractivity contribution is 0.894. The smallest absolute Gasteiger partial charge is 0.182 e. The molecule has 0 aliphatic heterocycles. The summed E-state index contributed by atoms with van der Waals surface area (Å²) in [5, 5.41) is 18.3. The van der Waals surface area contributed by atoms with Crippen molar-refractivity contribution >= 4 is 5.82 Å². The average molecular weight is 215 g/mol. The van der Waals surface area contributed by atoms with Gasteiger partial charge in [0.15, 0.2) is 11.5 Å². The quantitative estimate of drug-likeness (QED) is 0.750. The fourth-order valence-corrected chi connectivity index (χ4v) is 1.20. The van der Waals surface area contributed by atoms with Gasteiger partial charge in [0.2, 0.25) is 0 Å². The highest BCUT2D eigenvalue weighted by atomic mass is 15.2. The molecule has 0 saturated heterocycles. The highest BCUT2D eigenvalue weighted by Crippen LogP contribution is 2.05. The Kier molecular flexibility index (Phi) is 3.04. The maximum absolute atomic E-state index is 8.78. The number of nitriles is 1. The molecule has 0 atom stereocenters. The zero-order valence-corrected chi connectivity index (χ0v) is 8.38. The summed E-state index contributed by atoms with van der Waals surface area (Å²) in [6.45, 7) is 0.614. The highest BCUT2D eigenvalue weighted by Gasteiger charge is 2.03. The van der Waals surface area contributed by atoms with E-state index in [1.807, 2.05) is 6.07 Å². The third-order valence-corrected chi connectivity index (χ3v) is 1.92. The maximum atomic E-state index is 8.78. The van der Waals surface area contributed by atoms with Crippen molar-refractivity contribution in [2.24, 2.45) is 0 Å². The third-order valence-electron chi connectivity index (χ3n) is 1.92. The van der Waals surface area contributed by atoms with Crippen molar-refractivity contribution in [3.05, 3.63) is 30.2 Å². The standard InChI is InChI=1S/C9H9N7/c10-5-7-9(13-4-3-11-7)12-2-1-8-14-6-15-16-8/h3-4,6H,1-2H2,(H,12,13)(H,14,15,16). The fourth-order valence-electron chi connectivity index (χ4n) is 1.20. The summed E-state index contributed by atoms with van der Waals surface area (Å²) in [6, 6.07) is 1.97. The third kappa shape index (κ3) is 2.30. The van der Waals surface area contributed by atoms with Gasteiger partial charge in [-0.3, -0.25) is 5.10 Å². The molecule has 0 aromatic carbocycles. The molecule has 2 aromatic rings. The second kappa shape index (κ2) is 4.84. The van der Waals surface area contributed by atoms with Gasteiger partial charge in [-0.25, -0.2) is 15.0 Å². The molecule has 0 bridgehead atoms. The summed E-state index contributed by atoms with van der Waals surface area (Å²) in [4.78, 5) is 11.9. The van der Waals surface area contributed by atoms with E-state index in [4.69, 9.17) is 5.26 Å². The summed E-state index contributed by atoms with van der Waals surface area (Å²) in [7, 11) is 0. The van der Waals surface area contributed by atoms with Gasteiger partial charge in [0.1, 0.15) is 18.2 Å². The number of nitrogens with one attached hydrogen (secondary N) is 2. The first kappa shape index (κ1) is 10.0. The van der Waals surface area contributed by atoms with Gasteiger partial charge in [0.05, 0.1) is 0 Å². The molecule has 0 fully saturated rings. The Balaban J connectivity index is 1.93. The Morgan fingerprint density at radius 2 is 2.19 bits per heavy atom. The van der Waals surface area contributed by atoms with E-state index in [1.54, 1.807) is 0 Å². The summed E-state index contributed by atoms with van der Waals surface area (Å²) >= 11 is 0. The normalized spacial score (nSPS) is 9.69. The van der Waals surface area contributed by atoms with E-state index in [0.717, 1.165) is 5.82 Å². The maximum Gasteiger partial charge on any atom is 0.182 e. The Hall–Kier alpha value is -2.49. The molecule has 16 heavy (non-hydrogen) atoms. The van der Waals surface area contributed by atoms with Gasteiger partial charge < -0.3 is 5.32 Å². The molecule has 2 N–H and O–H groups in total. The first-order valence-electron chi connectivity index (χ1n) is 4.69. The Morgan fingerprint density at radius 3 is 2.94 bits per heavy atom. The second-order valence-electron chi connectivity index (χ2n) is 2.97. The Labute approximate surface area is 91.6 Å². The van der Waals surface area contributed by atoms with Gasteiger partial charge in [0, 0.05) is 25.4 Å². The molecular weight excluding hydrogens is 206 g/mol. The van der Waals surface area contributed by atoms with Gasteiger partial charge in [-0.05, 0) is 0 Å². The van der Waals surface area contributed by atoms with E-state index in [2.05, 4.69) is 30.5 Å². The fraction of sp³-hybridized carbons (Fsp3) is 0.222. The first-order valence-corrected chi connectivity index (χ1v) is 4.69. The van der Waals surface area contributed by atoms with Crippen LogP contribution in [0.1, 0.15) is 11.5 Å². The van der Waals surface area contributed by atoms with Crippen LogP contribution in [0, 0.1) is 11.3 Å². The number of H-pyrrole nitrogens is 1. The number of rotatable bonds is 4. The van der Waals surface area contributed by atoms with Crippen LogP contribution in [0.3, 0.4) is 0 Å². The lowest BCUT2D eigenvalue weighted by Gasteiger charge is -2.04. The lowest BCUT2D eigenvalue weighted by atomic mass is 10.4. The molecule has 0 unspecified atom stereocenters. The zero-order chi connectivity index (χ0) is 11.2. The van der Waals surface area contributed by atoms with Crippen molar-refractivity contribution in [1.29, 1.82) is 5.26 Å². The van der Waals surface area contributed by atoms with E-state index in [9.17, 15) is 0 Å². The molecular formula is C9H9N7. The first-order chi connectivity index (χ1) is 7.90. The minimum absolute atomic E-state index is 0.292. The van der Waals surface area contributed by atoms with E-state index in [-0.39, 0.29) is 0 Å². The number of anilines is 1. The molecule has 0 radical (unpaired) electrons. The van der Waals surface area contributed by atoms with Crippen LogP contribution >= 0.6 is 0 Å². The largest absolute Gasteiger partial charge is 0.367 e. The Bertz CT molecular complexity index is 485. The van der Waals surface area contributed by atoms with Crippen LogP contribution in [-0.4, -0.2) is 31.7 Å². The molecule has 7 nitrogen and oxygen atoms in total. The highest BCUT2D eigenvalue weighted by molar-refractivity contribution is 5.46. The molecule has 0 saturated carbocycles. The number of hydrogen-bond donors (Lipinski definition) is 2. The van der Waals surface area contributed by atoms with Crippen molar-refractivity contribution in [2.75, 3.05) is 11.9 Å². The summed E-state index contributed by atoms with van der Waals surface area (Å²) in [5.41, 5.74) is 0.292. The van der Waals surface area contributed by atoms with Crippen LogP contribution in [0.5, 0.6) is 0 Å². The van der Waals surface area contributed by atoms with Crippen LogP contribution in [0.15, 0.2) is 18.7 Å². The molecule has 0 aliphatic rings. The Morgan fingerprint density at radius 1 is 1.31 bits per heavy atom. The zero-order valence-electron chi connectivity index (χ0n) is 8.38. The predicted octanol–water partition coefficient (Wildman–Crippen LogP) is 0.121. The van der Waals surface area contributed by atoms with Crippen LogP contribution in [0.2, 0.25) is 0 Å². The van der Waals surface area contributed by atoms with Gasteiger partial charge in [-0.2, -0.15) is 10.4 Å². The second-order valence-corrected chi connectivity index (χ2v) is 2.97. The molecule has 2 heterocycles. The van der Waals surface area contributed by atoms with E-state index in [1.165, 1.54) is 18.7 Å². The molecule has 0 amide bonds. The minimum Gasteiger partial charge on any atom is -0.367 e. The predicted molar refractivity (Wildman–Crippen MR) is 55.3 cm³/mol. The average Bonchev–Trinajstić information content (AvgIpc) is 2.83. The molecule has 0 aliphatic carbocycles. The number of aromatic nitrogens is 5. The van der Waals surface area contributed by atoms with Gasteiger partial charge in [-0.15, -0.1) is 0 Å². The van der Waals surface area contributed by atoms with Crippen molar-refractivity contribution < 1.29 is 0 Å². The van der Waals surface area contributed by atoms with Crippen LogP contribution in [-0.2, 0) is 6.42 Å². The molecule has 0 spiro atoms. The SMILES string of the molecule is N#Cc1nccnc1NCCc1ncn[nH]1. The van der Waals surface area contributed by atoms with E-state index < -0.39 is 0 Å². The topological polar surface area (TPSA) is 103 Å². The number of hydrogen-bond acceptors (Lipinski definition) is 6. The van der Waals surface area contributed by atoms with Crippen LogP contribution in [0.25, 0.3) is 0 Å². The monoisotopic (exact) mass is 215 g/mol. The number of aromatic amines is 1.